The molecule has 0 heterocycles. The maximum atomic E-state index is 11.8. The number of carbonyl (C=O) groups is 3. The van der Waals surface area contributed by atoms with Crippen LogP contribution >= 0.6 is 15.9 Å². The number of carboxylic acids is 1. The average Bonchev–Trinajstić information content (AvgIpc) is 2.45. The minimum Gasteiger partial charge on any atom is -0.481 e. The average molecular weight is 372 g/mol. The zero-order valence-electron chi connectivity index (χ0n) is 12.4. The number of anilines is 1. The lowest BCUT2D eigenvalue weighted by Gasteiger charge is -2.17. The number of aliphatic carboxylic acids is 1. The first-order valence-corrected chi connectivity index (χ1v) is 7.35. The molecule has 1 aromatic rings. The molecule has 0 radical (unpaired) electrons. The summed E-state index contributed by atoms with van der Waals surface area (Å²) >= 11 is 3.34. The monoisotopic (exact) mass is 371 g/mol. The van der Waals surface area contributed by atoms with Crippen LogP contribution in [0.4, 0.5) is 10.5 Å². The number of amides is 3. The van der Waals surface area contributed by atoms with Gasteiger partial charge in [-0.15, -0.1) is 0 Å². The Kier molecular flexibility index (Phi) is 6.84. The number of carbonyl (C=O) groups excluding carboxylic acids is 2. The summed E-state index contributed by atoms with van der Waals surface area (Å²) in [5.41, 5.74) is 1.56. The predicted molar refractivity (Wildman–Crippen MR) is 85.8 cm³/mol. The standard InChI is InChI=1S/C14H18BrN3O4/c1-9-7-10(15)3-4-11(9)17-12(19)8-16-14(22)18(2)6-5-13(20)21/h3-4,7H,5-6,8H2,1-2H3,(H,16,22)(H,17,19)(H,20,21). The second-order valence-corrected chi connectivity index (χ2v) is 5.65. The van der Waals surface area contributed by atoms with Crippen LogP contribution in [-0.4, -0.2) is 48.1 Å². The Labute approximate surface area is 136 Å². The van der Waals surface area contributed by atoms with E-state index in [1.807, 2.05) is 13.0 Å². The normalized spacial score (nSPS) is 9.95. The highest BCUT2D eigenvalue weighted by Gasteiger charge is 2.12. The van der Waals surface area contributed by atoms with E-state index in [1.165, 1.54) is 11.9 Å². The minimum absolute atomic E-state index is 0.0780. The smallest absolute Gasteiger partial charge is 0.317 e. The van der Waals surface area contributed by atoms with Gasteiger partial charge in [-0.3, -0.25) is 9.59 Å². The third-order valence-electron chi connectivity index (χ3n) is 2.87. The number of nitrogens with one attached hydrogen (secondary N) is 2. The molecule has 7 nitrogen and oxygen atoms in total. The topological polar surface area (TPSA) is 98.7 Å². The Morgan fingerprint density at radius 2 is 2.00 bits per heavy atom. The molecule has 3 amide bonds. The molecule has 120 valence electrons. The summed E-state index contributed by atoms with van der Waals surface area (Å²) in [4.78, 5) is 35.1. The number of carboxylic acid groups (broad SMARTS) is 1. The number of nitrogens with zero attached hydrogens (tertiary/aromatic N) is 1. The van der Waals surface area contributed by atoms with Crippen LogP contribution < -0.4 is 10.6 Å². The van der Waals surface area contributed by atoms with Crippen molar-refractivity contribution in [1.82, 2.24) is 10.2 Å². The fourth-order valence-corrected chi connectivity index (χ4v) is 2.09. The number of rotatable bonds is 6. The molecule has 0 saturated carbocycles. The largest absolute Gasteiger partial charge is 0.481 e. The highest BCUT2D eigenvalue weighted by molar-refractivity contribution is 9.10. The Hall–Kier alpha value is -2.09. The van der Waals surface area contributed by atoms with E-state index in [0.29, 0.717) is 5.69 Å². The highest BCUT2D eigenvalue weighted by atomic mass is 79.9. The van der Waals surface area contributed by atoms with Crippen LogP contribution in [0.1, 0.15) is 12.0 Å². The number of hydrogen-bond acceptors (Lipinski definition) is 3. The molecule has 8 heteroatoms. The Morgan fingerprint density at radius 3 is 2.59 bits per heavy atom. The molecule has 1 aromatic carbocycles. The van der Waals surface area contributed by atoms with Crippen molar-refractivity contribution in [2.75, 3.05) is 25.5 Å². The molecule has 0 aliphatic carbocycles. The van der Waals surface area contributed by atoms with Crippen molar-refractivity contribution in [2.45, 2.75) is 13.3 Å². The molecule has 1 rings (SSSR count). The summed E-state index contributed by atoms with van der Waals surface area (Å²) in [7, 11) is 1.47. The second-order valence-electron chi connectivity index (χ2n) is 4.73. The van der Waals surface area contributed by atoms with Crippen molar-refractivity contribution in [1.29, 1.82) is 0 Å². The Balaban J connectivity index is 2.42. The molecule has 3 N–H and O–H groups in total. The molecule has 0 saturated heterocycles. The van der Waals surface area contributed by atoms with Crippen molar-refractivity contribution in [3.05, 3.63) is 28.2 Å². The number of benzene rings is 1. The van der Waals surface area contributed by atoms with Crippen LogP contribution in [0, 0.1) is 6.92 Å². The molecular weight excluding hydrogens is 354 g/mol. The van der Waals surface area contributed by atoms with Gasteiger partial charge in [-0.1, -0.05) is 15.9 Å². The van der Waals surface area contributed by atoms with Gasteiger partial charge in [-0.25, -0.2) is 4.79 Å². The van der Waals surface area contributed by atoms with E-state index in [2.05, 4.69) is 26.6 Å². The predicted octanol–water partition coefficient (Wildman–Crippen LogP) is 1.81. The summed E-state index contributed by atoms with van der Waals surface area (Å²) < 4.78 is 0.913. The summed E-state index contributed by atoms with van der Waals surface area (Å²) in [5.74, 6) is -1.34. The summed E-state index contributed by atoms with van der Waals surface area (Å²) in [5, 5.41) is 13.7. The van der Waals surface area contributed by atoms with Gasteiger partial charge in [0.25, 0.3) is 0 Å². The van der Waals surface area contributed by atoms with Crippen molar-refractivity contribution >= 4 is 39.5 Å². The Bertz CT molecular complexity index is 577. The van der Waals surface area contributed by atoms with Crippen LogP contribution in [0.2, 0.25) is 0 Å². The fraction of sp³-hybridized carbons (Fsp3) is 0.357. The van der Waals surface area contributed by atoms with Gasteiger partial charge in [-0.05, 0) is 30.7 Å². The van der Waals surface area contributed by atoms with E-state index < -0.39 is 12.0 Å². The number of hydrogen-bond donors (Lipinski definition) is 3. The van der Waals surface area contributed by atoms with Gasteiger partial charge in [0, 0.05) is 23.8 Å². The molecule has 0 aliphatic heterocycles. The van der Waals surface area contributed by atoms with Crippen LogP contribution in [0.25, 0.3) is 0 Å². The molecule has 22 heavy (non-hydrogen) atoms. The van der Waals surface area contributed by atoms with E-state index in [-0.39, 0.29) is 25.4 Å². The maximum Gasteiger partial charge on any atom is 0.317 e. The zero-order chi connectivity index (χ0) is 16.7. The van der Waals surface area contributed by atoms with Gasteiger partial charge in [0.1, 0.15) is 0 Å². The summed E-state index contributed by atoms with van der Waals surface area (Å²) in [6, 6.07) is 4.94. The first-order chi connectivity index (χ1) is 10.3. The highest BCUT2D eigenvalue weighted by Crippen LogP contribution is 2.19. The SMILES string of the molecule is Cc1cc(Br)ccc1NC(=O)CNC(=O)N(C)CCC(=O)O. The van der Waals surface area contributed by atoms with Crippen molar-refractivity contribution < 1.29 is 19.5 Å². The van der Waals surface area contributed by atoms with Crippen LogP contribution in [0.5, 0.6) is 0 Å². The quantitative estimate of drug-likeness (QED) is 0.709. The lowest BCUT2D eigenvalue weighted by molar-refractivity contribution is -0.137. The summed E-state index contributed by atoms with van der Waals surface area (Å²) in [6.45, 7) is 1.75. The molecule has 0 aliphatic rings. The first-order valence-electron chi connectivity index (χ1n) is 6.56. The van der Waals surface area contributed by atoms with Gasteiger partial charge in [0.15, 0.2) is 0 Å². The van der Waals surface area contributed by atoms with Gasteiger partial charge in [0.05, 0.1) is 13.0 Å². The van der Waals surface area contributed by atoms with E-state index >= 15 is 0 Å². The molecule has 0 atom stereocenters. The first kappa shape index (κ1) is 18.0. The van der Waals surface area contributed by atoms with Crippen LogP contribution in [0.3, 0.4) is 0 Å². The molecule has 0 fully saturated rings. The molecular formula is C14H18BrN3O4. The third-order valence-corrected chi connectivity index (χ3v) is 3.36. The van der Waals surface area contributed by atoms with Gasteiger partial charge in [0.2, 0.25) is 5.91 Å². The summed E-state index contributed by atoms with van der Waals surface area (Å²) in [6.07, 6.45) is -0.145. The fourth-order valence-electron chi connectivity index (χ4n) is 1.62. The minimum atomic E-state index is -0.983. The van der Waals surface area contributed by atoms with E-state index in [4.69, 9.17) is 5.11 Å². The maximum absolute atomic E-state index is 11.8. The van der Waals surface area contributed by atoms with Crippen molar-refractivity contribution in [3.8, 4) is 0 Å². The molecule has 0 aromatic heterocycles. The lowest BCUT2D eigenvalue weighted by Crippen LogP contribution is -2.41. The van der Waals surface area contributed by atoms with Crippen molar-refractivity contribution in [3.63, 3.8) is 0 Å². The lowest BCUT2D eigenvalue weighted by atomic mass is 10.2. The zero-order valence-corrected chi connectivity index (χ0v) is 13.9. The third kappa shape index (κ3) is 6.13. The van der Waals surface area contributed by atoms with E-state index in [1.54, 1.807) is 12.1 Å². The molecule has 0 bridgehead atoms. The van der Waals surface area contributed by atoms with Crippen LogP contribution in [0.15, 0.2) is 22.7 Å². The number of aryl methyl sites for hydroxylation is 1. The molecule has 0 spiro atoms. The van der Waals surface area contributed by atoms with Gasteiger partial charge in [-0.2, -0.15) is 0 Å². The molecule has 0 unspecified atom stereocenters. The Morgan fingerprint density at radius 1 is 1.32 bits per heavy atom. The van der Waals surface area contributed by atoms with E-state index in [9.17, 15) is 14.4 Å². The number of urea groups is 1. The number of halogens is 1. The van der Waals surface area contributed by atoms with E-state index in [0.717, 1.165) is 10.0 Å². The van der Waals surface area contributed by atoms with Crippen LogP contribution in [-0.2, 0) is 9.59 Å². The van der Waals surface area contributed by atoms with Crippen molar-refractivity contribution in [2.24, 2.45) is 0 Å². The second kappa shape index (κ2) is 8.38. The van der Waals surface area contributed by atoms with Gasteiger partial charge >= 0.3 is 12.0 Å². The van der Waals surface area contributed by atoms with Gasteiger partial charge < -0.3 is 20.6 Å².